The van der Waals surface area contributed by atoms with E-state index in [-0.39, 0.29) is 11.4 Å². The van der Waals surface area contributed by atoms with E-state index in [0.29, 0.717) is 0 Å². The first-order valence-corrected chi connectivity index (χ1v) is 8.92. The molecule has 0 unspecified atom stereocenters. The number of carbonyl (C=O) groups excluding carboxylic acids is 1. The predicted octanol–water partition coefficient (Wildman–Crippen LogP) is 4.89. The van der Waals surface area contributed by atoms with Crippen molar-refractivity contribution in [1.82, 2.24) is 4.90 Å². The SMILES string of the molecule is Cc1cccc(NC(=O)N2CCS[C@H]2c2ccc(C)cc2C)c1. The Balaban J connectivity index is 1.79. The topological polar surface area (TPSA) is 32.3 Å². The second kappa shape index (κ2) is 6.67. The molecule has 2 aromatic rings. The molecule has 1 heterocycles. The second-order valence-corrected chi connectivity index (χ2v) is 7.26. The molecule has 0 radical (unpaired) electrons. The monoisotopic (exact) mass is 326 g/mol. The van der Waals surface area contributed by atoms with Gasteiger partial charge in [-0.25, -0.2) is 4.79 Å². The summed E-state index contributed by atoms with van der Waals surface area (Å²) in [4.78, 5) is 14.6. The lowest BCUT2D eigenvalue weighted by Crippen LogP contribution is -2.34. The number of hydrogen-bond acceptors (Lipinski definition) is 2. The van der Waals surface area contributed by atoms with Gasteiger partial charge in [0.2, 0.25) is 0 Å². The summed E-state index contributed by atoms with van der Waals surface area (Å²) in [5.74, 6) is 0.971. The van der Waals surface area contributed by atoms with Crippen LogP contribution >= 0.6 is 11.8 Å². The van der Waals surface area contributed by atoms with Crippen molar-refractivity contribution in [3.63, 3.8) is 0 Å². The van der Waals surface area contributed by atoms with Crippen LogP contribution in [0.1, 0.15) is 27.6 Å². The van der Waals surface area contributed by atoms with Gasteiger partial charge in [0.1, 0.15) is 5.37 Å². The number of urea groups is 1. The fraction of sp³-hybridized carbons (Fsp3) is 0.316. The van der Waals surface area contributed by atoms with Crippen LogP contribution in [0.2, 0.25) is 0 Å². The number of aryl methyl sites for hydroxylation is 3. The fourth-order valence-electron chi connectivity index (χ4n) is 2.96. The van der Waals surface area contributed by atoms with E-state index in [9.17, 15) is 4.79 Å². The zero-order chi connectivity index (χ0) is 16.4. The maximum absolute atomic E-state index is 12.7. The first-order valence-electron chi connectivity index (χ1n) is 7.87. The quantitative estimate of drug-likeness (QED) is 0.852. The Morgan fingerprint density at radius 3 is 2.65 bits per heavy atom. The van der Waals surface area contributed by atoms with E-state index in [1.165, 1.54) is 16.7 Å². The molecule has 1 aliphatic heterocycles. The maximum Gasteiger partial charge on any atom is 0.323 e. The molecule has 2 amide bonds. The van der Waals surface area contributed by atoms with Gasteiger partial charge >= 0.3 is 6.03 Å². The van der Waals surface area contributed by atoms with E-state index < -0.39 is 0 Å². The molecule has 1 fully saturated rings. The Morgan fingerprint density at radius 2 is 1.91 bits per heavy atom. The molecule has 1 atom stereocenters. The van der Waals surface area contributed by atoms with Crippen molar-refractivity contribution in [3.8, 4) is 0 Å². The van der Waals surface area contributed by atoms with Crippen LogP contribution in [0.4, 0.5) is 10.5 Å². The van der Waals surface area contributed by atoms with Gasteiger partial charge in [0.15, 0.2) is 0 Å². The van der Waals surface area contributed by atoms with Crippen LogP contribution in [0.25, 0.3) is 0 Å². The third-order valence-electron chi connectivity index (χ3n) is 4.11. The maximum atomic E-state index is 12.7. The number of nitrogens with one attached hydrogen (secondary N) is 1. The normalized spacial score (nSPS) is 17.3. The number of carbonyl (C=O) groups is 1. The molecule has 0 spiro atoms. The van der Waals surface area contributed by atoms with Gasteiger partial charge in [0.05, 0.1) is 0 Å². The number of rotatable bonds is 2. The van der Waals surface area contributed by atoms with Gasteiger partial charge in [0.25, 0.3) is 0 Å². The van der Waals surface area contributed by atoms with E-state index in [0.717, 1.165) is 23.5 Å². The van der Waals surface area contributed by atoms with Crippen LogP contribution in [-0.4, -0.2) is 23.2 Å². The number of benzene rings is 2. The Bertz CT molecular complexity index is 729. The van der Waals surface area contributed by atoms with Gasteiger partial charge in [-0.1, -0.05) is 35.9 Å². The summed E-state index contributed by atoms with van der Waals surface area (Å²) in [6.07, 6.45) is 0. The molecular weight excluding hydrogens is 304 g/mol. The number of amides is 2. The van der Waals surface area contributed by atoms with Crippen LogP contribution < -0.4 is 5.32 Å². The molecule has 3 rings (SSSR count). The standard InChI is InChI=1S/C19H22N2OS/c1-13-5-4-6-16(12-13)20-19(22)21-9-10-23-18(21)17-8-7-14(2)11-15(17)3/h4-8,11-12,18H,9-10H2,1-3H3,(H,20,22)/t18-/m0/s1. The summed E-state index contributed by atoms with van der Waals surface area (Å²) in [6, 6.07) is 14.4. The third-order valence-corrected chi connectivity index (χ3v) is 5.35. The molecular formula is C19H22N2OS. The van der Waals surface area contributed by atoms with E-state index in [4.69, 9.17) is 0 Å². The van der Waals surface area contributed by atoms with Gasteiger partial charge < -0.3 is 10.2 Å². The second-order valence-electron chi connectivity index (χ2n) is 6.08. The van der Waals surface area contributed by atoms with Crippen LogP contribution in [0.3, 0.4) is 0 Å². The molecule has 1 N–H and O–H groups in total. The third kappa shape index (κ3) is 3.53. The van der Waals surface area contributed by atoms with Gasteiger partial charge in [-0.05, 0) is 49.6 Å². The van der Waals surface area contributed by atoms with Gasteiger partial charge in [0, 0.05) is 18.0 Å². The highest BCUT2D eigenvalue weighted by molar-refractivity contribution is 7.99. The average molecular weight is 326 g/mol. The highest BCUT2D eigenvalue weighted by Crippen LogP contribution is 2.39. The molecule has 0 bridgehead atoms. The molecule has 23 heavy (non-hydrogen) atoms. The lowest BCUT2D eigenvalue weighted by Gasteiger charge is -2.26. The van der Waals surface area contributed by atoms with E-state index in [2.05, 4.69) is 37.4 Å². The Morgan fingerprint density at radius 1 is 1.13 bits per heavy atom. The molecule has 2 aromatic carbocycles. The number of nitrogens with zero attached hydrogens (tertiary/aromatic N) is 1. The zero-order valence-electron chi connectivity index (χ0n) is 13.8. The molecule has 1 saturated heterocycles. The van der Waals surface area contributed by atoms with Crippen molar-refractivity contribution >= 4 is 23.5 Å². The summed E-state index contributed by atoms with van der Waals surface area (Å²) < 4.78 is 0. The summed E-state index contributed by atoms with van der Waals surface area (Å²) in [7, 11) is 0. The molecule has 120 valence electrons. The summed E-state index contributed by atoms with van der Waals surface area (Å²) >= 11 is 1.83. The molecule has 3 nitrogen and oxygen atoms in total. The lowest BCUT2D eigenvalue weighted by molar-refractivity contribution is 0.214. The first kappa shape index (κ1) is 15.9. The van der Waals surface area contributed by atoms with E-state index in [1.807, 2.05) is 47.9 Å². The summed E-state index contributed by atoms with van der Waals surface area (Å²) in [5, 5.41) is 3.13. The first-order chi connectivity index (χ1) is 11.0. The van der Waals surface area contributed by atoms with Crippen LogP contribution in [-0.2, 0) is 0 Å². The van der Waals surface area contributed by atoms with Crippen LogP contribution in [0.15, 0.2) is 42.5 Å². The highest BCUT2D eigenvalue weighted by Gasteiger charge is 2.31. The minimum atomic E-state index is -0.0226. The van der Waals surface area contributed by atoms with Crippen molar-refractivity contribution < 1.29 is 4.79 Å². The van der Waals surface area contributed by atoms with Crippen LogP contribution in [0, 0.1) is 20.8 Å². The smallest absolute Gasteiger partial charge is 0.308 e. The largest absolute Gasteiger partial charge is 0.323 e. The van der Waals surface area contributed by atoms with Crippen molar-refractivity contribution in [2.75, 3.05) is 17.6 Å². The van der Waals surface area contributed by atoms with E-state index >= 15 is 0 Å². The lowest BCUT2D eigenvalue weighted by atomic mass is 10.1. The summed E-state index contributed by atoms with van der Waals surface area (Å²) in [6.45, 7) is 7.03. The molecule has 1 aliphatic rings. The van der Waals surface area contributed by atoms with Gasteiger partial charge in [-0.15, -0.1) is 11.8 Å². The number of thioether (sulfide) groups is 1. The number of hydrogen-bond donors (Lipinski definition) is 1. The zero-order valence-corrected chi connectivity index (χ0v) is 14.6. The van der Waals surface area contributed by atoms with Gasteiger partial charge in [-0.3, -0.25) is 0 Å². The molecule has 0 aromatic heterocycles. The molecule has 0 saturated carbocycles. The Hall–Kier alpha value is -1.94. The minimum absolute atomic E-state index is 0.0226. The van der Waals surface area contributed by atoms with Crippen molar-refractivity contribution in [1.29, 1.82) is 0 Å². The highest BCUT2D eigenvalue weighted by atomic mass is 32.2. The molecule has 0 aliphatic carbocycles. The van der Waals surface area contributed by atoms with Crippen LogP contribution in [0.5, 0.6) is 0 Å². The van der Waals surface area contributed by atoms with Crippen molar-refractivity contribution in [2.45, 2.75) is 26.1 Å². The predicted molar refractivity (Wildman–Crippen MR) is 98.0 cm³/mol. The van der Waals surface area contributed by atoms with Crippen molar-refractivity contribution in [2.24, 2.45) is 0 Å². The van der Waals surface area contributed by atoms with Gasteiger partial charge in [-0.2, -0.15) is 0 Å². The average Bonchev–Trinajstić information content (AvgIpc) is 2.96. The Labute approximate surface area is 142 Å². The Kier molecular flexibility index (Phi) is 4.62. The minimum Gasteiger partial charge on any atom is -0.308 e. The fourth-order valence-corrected chi connectivity index (χ4v) is 4.31. The summed E-state index contributed by atoms with van der Waals surface area (Å²) in [5.41, 5.74) is 5.73. The van der Waals surface area contributed by atoms with Crippen molar-refractivity contribution in [3.05, 3.63) is 64.7 Å². The van der Waals surface area contributed by atoms with E-state index in [1.54, 1.807) is 0 Å². The number of anilines is 1. The molecule has 4 heteroatoms.